The lowest BCUT2D eigenvalue weighted by Gasteiger charge is -2.26. The van der Waals surface area contributed by atoms with E-state index in [1.807, 2.05) is 10.5 Å². The quantitative estimate of drug-likeness (QED) is 0.429. The van der Waals surface area contributed by atoms with E-state index in [4.69, 9.17) is 10.9 Å². The van der Waals surface area contributed by atoms with Gasteiger partial charge in [-0.3, -0.25) is 10.2 Å². The summed E-state index contributed by atoms with van der Waals surface area (Å²) in [6.07, 6.45) is 3.53. The van der Waals surface area contributed by atoms with Crippen molar-refractivity contribution in [2.45, 2.75) is 25.2 Å². The van der Waals surface area contributed by atoms with Crippen molar-refractivity contribution in [3.05, 3.63) is 23.3 Å². The Hall–Kier alpha value is -1.95. The fourth-order valence-electron chi connectivity index (χ4n) is 3.41. The highest BCUT2D eigenvalue weighted by molar-refractivity contribution is 5.79. The molecular formula is C14H21N5O. The van der Waals surface area contributed by atoms with Gasteiger partial charge >= 0.3 is 0 Å². The average Bonchev–Trinajstić information content (AvgIpc) is 2.79. The summed E-state index contributed by atoms with van der Waals surface area (Å²) in [7, 11) is 4.17. The van der Waals surface area contributed by atoms with Crippen molar-refractivity contribution >= 4 is 17.3 Å². The molecule has 0 bridgehead atoms. The van der Waals surface area contributed by atoms with E-state index < -0.39 is 0 Å². The van der Waals surface area contributed by atoms with Crippen LogP contribution >= 0.6 is 0 Å². The number of hydrogen-bond donors (Lipinski definition) is 3. The molecule has 1 unspecified atom stereocenters. The predicted molar refractivity (Wildman–Crippen MR) is 80.3 cm³/mol. The molecule has 1 aromatic rings. The van der Waals surface area contributed by atoms with Crippen molar-refractivity contribution in [3.63, 3.8) is 0 Å². The van der Waals surface area contributed by atoms with Crippen LogP contribution in [-0.4, -0.2) is 31.8 Å². The smallest absolute Gasteiger partial charge is 0.235 e. The van der Waals surface area contributed by atoms with Crippen LogP contribution in [0.4, 0.5) is 11.4 Å². The average molecular weight is 275 g/mol. The Balaban J connectivity index is 2.08. The van der Waals surface area contributed by atoms with Crippen molar-refractivity contribution in [2.24, 2.45) is 10.8 Å². The Bertz CT molecular complexity index is 555. The zero-order valence-corrected chi connectivity index (χ0v) is 11.9. The minimum atomic E-state index is 0.0223. The SMILES string of the molecule is CN(C)c1ccc2c3c1CCCC3CN2N=C(N)NO. The second-order valence-electron chi connectivity index (χ2n) is 5.66. The number of nitrogens with one attached hydrogen (secondary N) is 1. The Morgan fingerprint density at radius 2 is 2.30 bits per heavy atom. The van der Waals surface area contributed by atoms with E-state index in [9.17, 15) is 0 Å². The molecule has 6 heteroatoms. The summed E-state index contributed by atoms with van der Waals surface area (Å²) < 4.78 is 0. The molecule has 1 atom stereocenters. The van der Waals surface area contributed by atoms with Gasteiger partial charge in [-0.05, 0) is 42.5 Å². The molecular weight excluding hydrogens is 254 g/mol. The highest BCUT2D eigenvalue weighted by Crippen LogP contribution is 2.47. The van der Waals surface area contributed by atoms with Crippen LogP contribution in [0.25, 0.3) is 0 Å². The number of guanidine groups is 1. The predicted octanol–water partition coefficient (Wildman–Crippen LogP) is 1.20. The van der Waals surface area contributed by atoms with Gasteiger partial charge in [0.15, 0.2) is 0 Å². The van der Waals surface area contributed by atoms with Crippen LogP contribution in [0.15, 0.2) is 17.2 Å². The highest BCUT2D eigenvalue weighted by Gasteiger charge is 2.34. The Kier molecular flexibility index (Phi) is 3.17. The molecule has 6 nitrogen and oxygen atoms in total. The van der Waals surface area contributed by atoms with Gasteiger partial charge in [-0.25, -0.2) is 5.48 Å². The Labute approximate surface area is 118 Å². The lowest BCUT2D eigenvalue weighted by Crippen LogP contribution is -2.32. The van der Waals surface area contributed by atoms with E-state index in [2.05, 4.69) is 36.2 Å². The van der Waals surface area contributed by atoms with Crippen LogP contribution in [0.1, 0.15) is 29.9 Å². The summed E-state index contributed by atoms with van der Waals surface area (Å²) in [5.74, 6) is 0.540. The number of hydrogen-bond acceptors (Lipinski definition) is 4. The van der Waals surface area contributed by atoms with Gasteiger partial charge < -0.3 is 10.6 Å². The molecule has 1 aromatic carbocycles. The number of nitrogens with two attached hydrogens (primary N) is 1. The number of benzene rings is 1. The van der Waals surface area contributed by atoms with Gasteiger partial charge in [0.05, 0.1) is 5.69 Å². The zero-order chi connectivity index (χ0) is 14.3. The molecule has 20 heavy (non-hydrogen) atoms. The fourth-order valence-corrected chi connectivity index (χ4v) is 3.41. The van der Waals surface area contributed by atoms with Crippen LogP contribution in [0.2, 0.25) is 0 Å². The third-order valence-electron chi connectivity index (χ3n) is 4.19. The molecule has 1 aliphatic carbocycles. The molecule has 108 valence electrons. The summed E-state index contributed by atoms with van der Waals surface area (Å²) >= 11 is 0. The van der Waals surface area contributed by atoms with Crippen LogP contribution in [0.5, 0.6) is 0 Å². The van der Waals surface area contributed by atoms with Gasteiger partial charge in [-0.2, -0.15) is 0 Å². The minimum Gasteiger partial charge on any atom is -0.377 e. The summed E-state index contributed by atoms with van der Waals surface area (Å²) in [5.41, 5.74) is 12.7. The first-order valence-electron chi connectivity index (χ1n) is 6.96. The van der Waals surface area contributed by atoms with Gasteiger partial charge in [0.2, 0.25) is 5.96 Å². The molecule has 0 spiro atoms. The second kappa shape index (κ2) is 4.86. The first-order valence-corrected chi connectivity index (χ1v) is 6.96. The minimum absolute atomic E-state index is 0.0223. The maximum absolute atomic E-state index is 8.81. The standard InChI is InChI=1S/C14H21N5O/c1-18(2)11-6-7-12-13-9(4-3-5-10(11)13)8-19(12)16-14(15)17-20/h6-7,9,20H,3-5,8H2,1-2H3,(H3,15,16,17). The molecule has 4 N–H and O–H groups in total. The van der Waals surface area contributed by atoms with Gasteiger partial charge in [0, 0.05) is 32.2 Å². The Morgan fingerprint density at radius 3 is 3.00 bits per heavy atom. The van der Waals surface area contributed by atoms with Crippen molar-refractivity contribution in [3.8, 4) is 0 Å². The van der Waals surface area contributed by atoms with E-state index >= 15 is 0 Å². The molecule has 0 radical (unpaired) electrons. The largest absolute Gasteiger partial charge is 0.377 e. The molecule has 0 amide bonds. The van der Waals surface area contributed by atoms with Crippen LogP contribution < -0.4 is 21.1 Å². The van der Waals surface area contributed by atoms with E-state index in [1.165, 1.54) is 29.7 Å². The molecule has 0 aromatic heterocycles. The van der Waals surface area contributed by atoms with Gasteiger partial charge in [-0.1, -0.05) is 0 Å². The number of rotatable bonds is 2. The van der Waals surface area contributed by atoms with Gasteiger partial charge in [0.1, 0.15) is 0 Å². The molecule has 0 saturated carbocycles. The molecule has 0 saturated heterocycles. The summed E-state index contributed by atoms with van der Waals surface area (Å²) in [6.45, 7) is 0.835. The van der Waals surface area contributed by atoms with Crippen molar-refractivity contribution in [1.29, 1.82) is 0 Å². The zero-order valence-electron chi connectivity index (χ0n) is 11.9. The van der Waals surface area contributed by atoms with E-state index in [0.29, 0.717) is 5.92 Å². The first kappa shape index (κ1) is 13.1. The van der Waals surface area contributed by atoms with Gasteiger partial charge in [0.25, 0.3) is 0 Å². The highest BCUT2D eigenvalue weighted by atomic mass is 16.5. The van der Waals surface area contributed by atoms with E-state index in [-0.39, 0.29) is 5.96 Å². The maximum atomic E-state index is 8.81. The summed E-state index contributed by atoms with van der Waals surface area (Å²) in [6, 6.07) is 4.25. The van der Waals surface area contributed by atoms with Gasteiger partial charge in [-0.15, -0.1) is 5.10 Å². The molecule has 2 aliphatic rings. The van der Waals surface area contributed by atoms with Crippen LogP contribution in [0, 0.1) is 0 Å². The summed E-state index contributed by atoms with van der Waals surface area (Å²) in [5, 5.41) is 14.9. The van der Waals surface area contributed by atoms with E-state index in [0.717, 1.165) is 18.7 Å². The number of anilines is 2. The molecule has 1 aliphatic heterocycles. The number of nitrogens with zero attached hydrogens (tertiary/aromatic N) is 3. The van der Waals surface area contributed by atoms with Crippen molar-refractivity contribution < 1.29 is 5.21 Å². The lowest BCUT2D eigenvalue weighted by atomic mass is 9.83. The van der Waals surface area contributed by atoms with E-state index in [1.54, 1.807) is 0 Å². The summed E-state index contributed by atoms with van der Waals surface area (Å²) in [4.78, 5) is 2.17. The normalized spacial score (nSPS) is 20.9. The van der Waals surface area contributed by atoms with Crippen LogP contribution in [0.3, 0.4) is 0 Å². The van der Waals surface area contributed by atoms with Crippen molar-refractivity contribution in [2.75, 3.05) is 30.5 Å². The molecule has 0 fully saturated rings. The molecule has 3 rings (SSSR count). The first-order chi connectivity index (χ1) is 9.61. The lowest BCUT2D eigenvalue weighted by molar-refractivity contribution is 0.232. The van der Waals surface area contributed by atoms with Crippen molar-refractivity contribution in [1.82, 2.24) is 5.48 Å². The number of hydroxylamine groups is 1. The van der Waals surface area contributed by atoms with Crippen LogP contribution in [-0.2, 0) is 6.42 Å². The maximum Gasteiger partial charge on any atom is 0.235 e. The fraction of sp³-hybridized carbons (Fsp3) is 0.500. The monoisotopic (exact) mass is 275 g/mol. The number of hydrazone groups is 1. The Morgan fingerprint density at radius 1 is 1.50 bits per heavy atom. The topological polar surface area (TPSA) is 77.1 Å². The second-order valence-corrected chi connectivity index (χ2v) is 5.66. The molecule has 1 heterocycles. The third-order valence-corrected chi connectivity index (χ3v) is 4.19. The third kappa shape index (κ3) is 1.96.